The van der Waals surface area contributed by atoms with Gasteiger partial charge in [0.15, 0.2) is 5.82 Å². The fraction of sp³-hybridized carbons (Fsp3) is 0.208. The highest BCUT2D eigenvalue weighted by Gasteiger charge is 2.20. The number of pyridine rings is 1. The van der Waals surface area contributed by atoms with Crippen molar-refractivity contribution in [2.24, 2.45) is 0 Å². The predicted molar refractivity (Wildman–Crippen MR) is 129 cm³/mol. The van der Waals surface area contributed by atoms with E-state index in [1.54, 1.807) is 18.0 Å². The van der Waals surface area contributed by atoms with Gasteiger partial charge in [0.1, 0.15) is 11.4 Å². The summed E-state index contributed by atoms with van der Waals surface area (Å²) in [5, 5.41) is 4.03. The van der Waals surface area contributed by atoms with E-state index in [4.69, 9.17) is 4.74 Å². The van der Waals surface area contributed by atoms with Gasteiger partial charge in [-0.2, -0.15) is 4.37 Å². The van der Waals surface area contributed by atoms with Gasteiger partial charge in [-0.1, -0.05) is 57.2 Å². The highest BCUT2D eigenvalue weighted by Crippen LogP contribution is 2.36. The molecule has 0 fully saturated rings. The van der Waals surface area contributed by atoms with Gasteiger partial charge in [0, 0.05) is 28.2 Å². The van der Waals surface area contributed by atoms with Crippen LogP contribution in [0.4, 0.5) is 10.8 Å². The van der Waals surface area contributed by atoms with Gasteiger partial charge >= 0.3 is 0 Å². The second-order valence-electron chi connectivity index (χ2n) is 7.95. The molecular formula is C24H24N4OS2. The summed E-state index contributed by atoms with van der Waals surface area (Å²) in [5.41, 5.74) is 1.84. The number of hydrogen-bond donors (Lipinski definition) is 1. The van der Waals surface area contributed by atoms with Crippen molar-refractivity contribution in [3.63, 3.8) is 0 Å². The molecule has 1 N–H and O–H groups in total. The Kier molecular flexibility index (Phi) is 6.53. The molecule has 0 atom stereocenters. The summed E-state index contributed by atoms with van der Waals surface area (Å²) in [6, 6.07) is 22.1. The van der Waals surface area contributed by atoms with E-state index in [0.29, 0.717) is 11.0 Å². The fourth-order valence-electron chi connectivity index (χ4n) is 2.99. The maximum atomic E-state index is 6.23. The maximum absolute atomic E-state index is 6.23. The van der Waals surface area contributed by atoms with E-state index in [9.17, 15) is 0 Å². The molecule has 0 aliphatic rings. The largest absolute Gasteiger partial charge is 0.437 e. The van der Waals surface area contributed by atoms with E-state index in [1.165, 1.54) is 16.4 Å². The van der Waals surface area contributed by atoms with Crippen molar-refractivity contribution in [3.05, 3.63) is 84.3 Å². The second-order valence-corrected chi connectivity index (χ2v) is 9.75. The fourth-order valence-corrected chi connectivity index (χ4v) is 4.45. The van der Waals surface area contributed by atoms with Crippen molar-refractivity contribution in [2.75, 3.05) is 5.32 Å². The third-order valence-electron chi connectivity index (χ3n) is 4.49. The Hall–Kier alpha value is -2.90. The van der Waals surface area contributed by atoms with E-state index in [1.807, 2.05) is 48.5 Å². The van der Waals surface area contributed by atoms with Gasteiger partial charge in [0.2, 0.25) is 11.0 Å². The van der Waals surface area contributed by atoms with Crippen LogP contribution in [0.5, 0.6) is 11.6 Å². The van der Waals surface area contributed by atoms with Crippen molar-refractivity contribution in [3.8, 4) is 11.6 Å². The average molecular weight is 449 g/mol. The summed E-state index contributed by atoms with van der Waals surface area (Å²) in [7, 11) is 0. The average Bonchev–Trinajstić information content (AvgIpc) is 3.21. The number of benzene rings is 2. The normalized spacial score (nSPS) is 11.3. The Balaban J connectivity index is 1.48. The molecule has 0 amide bonds. The first kappa shape index (κ1) is 21.3. The first-order chi connectivity index (χ1) is 15.0. The smallest absolute Gasteiger partial charge is 0.243 e. The molecule has 2 aromatic heterocycles. The van der Waals surface area contributed by atoms with Gasteiger partial charge in [0.25, 0.3) is 0 Å². The molecule has 2 heterocycles. The van der Waals surface area contributed by atoms with Crippen LogP contribution in [0.3, 0.4) is 0 Å². The van der Waals surface area contributed by atoms with Crippen LogP contribution >= 0.6 is 23.3 Å². The van der Waals surface area contributed by atoms with Gasteiger partial charge < -0.3 is 10.1 Å². The SMILES string of the molecule is CC(C)(C)c1ccccc1Oc1ncccc1Nc1nc(CSc2ccccc2)ns1. The highest BCUT2D eigenvalue weighted by molar-refractivity contribution is 7.98. The quantitative estimate of drug-likeness (QED) is 0.305. The van der Waals surface area contributed by atoms with Gasteiger partial charge in [-0.25, -0.2) is 9.97 Å². The molecule has 4 aromatic rings. The number of thioether (sulfide) groups is 1. The Morgan fingerprint density at radius 1 is 0.968 bits per heavy atom. The molecule has 0 saturated heterocycles. The predicted octanol–water partition coefficient (Wildman–Crippen LogP) is 7.06. The molecule has 0 unspecified atom stereocenters. The van der Waals surface area contributed by atoms with E-state index < -0.39 is 0 Å². The third kappa shape index (κ3) is 5.62. The summed E-state index contributed by atoms with van der Waals surface area (Å²) >= 11 is 3.05. The zero-order chi connectivity index (χ0) is 21.7. The van der Waals surface area contributed by atoms with Crippen molar-refractivity contribution in [1.82, 2.24) is 14.3 Å². The summed E-state index contributed by atoms with van der Waals surface area (Å²) < 4.78 is 10.7. The zero-order valence-corrected chi connectivity index (χ0v) is 19.3. The number of nitrogens with zero attached hydrogens (tertiary/aromatic N) is 3. The van der Waals surface area contributed by atoms with Crippen LogP contribution in [0.25, 0.3) is 0 Å². The highest BCUT2D eigenvalue weighted by atomic mass is 32.2. The van der Waals surface area contributed by atoms with E-state index >= 15 is 0 Å². The summed E-state index contributed by atoms with van der Waals surface area (Å²) in [6.45, 7) is 6.51. The van der Waals surface area contributed by atoms with Crippen molar-refractivity contribution in [2.45, 2.75) is 36.8 Å². The molecule has 4 rings (SSSR count). The van der Waals surface area contributed by atoms with Gasteiger partial charge in [-0.15, -0.1) is 11.8 Å². The molecule has 158 valence electrons. The Morgan fingerprint density at radius 2 is 1.74 bits per heavy atom. The lowest BCUT2D eigenvalue weighted by Gasteiger charge is -2.22. The summed E-state index contributed by atoms with van der Waals surface area (Å²) in [6.07, 6.45) is 1.72. The van der Waals surface area contributed by atoms with Gasteiger partial charge in [-0.05, 0) is 35.7 Å². The number of para-hydroxylation sites is 1. The lowest BCUT2D eigenvalue weighted by Crippen LogP contribution is -2.12. The Labute approximate surface area is 191 Å². The van der Waals surface area contributed by atoms with E-state index in [0.717, 1.165) is 28.6 Å². The van der Waals surface area contributed by atoms with E-state index in [2.05, 4.69) is 58.6 Å². The number of ether oxygens (including phenoxy) is 1. The molecule has 7 heteroatoms. The number of nitrogens with one attached hydrogen (secondary N) is 1. The number of anilines is 2. The number of aromatic nitrogens is 3. The minimum atomic E-state index is -0.0382. The van der Waals surface area contributed by atoms with Crippen LogP contribution < -0.4 is 10.1 Å². The summed E-state index contributed by atoms with van der Waals surface area (Å²) in [4.78, 5) is 10.3. The van der Waals surface area contributed by atoms with Crippen molar-refractivity contribution >= 4 is 34.1 Å². The van der Waals surface area contributed by atoms with Crippen molar-refractivity contribution in [1.29, 1.82) is 0 Å². The minimum Gasteiger partial charge on any atom is -0.437 e. The molecule has 0 aliphatic carbocycles. The van der Waals surface area contributed by atoms with Gasteiger partial charge in [-0.3, -0.25) is 0 Å². The number of rotatable bonds is 7. The first-order valence-corrected chi connectivity index (χ1v) is 11.7. The third-order valence-corrected chi connectivity index (χ3v) is 6.17. The maximum Gasteiger partial charge on any atom is 0.243 e. The lowest BCUT2D eigenvalue weighted by atomic mass is 9.86. The van der Waals surface area contributed by atoms with Crippen LogP contribution in [-0.2, 0) is 11.2 Å². The molecule has 0 radical (unpaired) electrons. The molecular weight excluding hydrogens is 424 g/mol. The van der Waals surface area contributed by atoms with Crippen LogP contribution in [0.1, 0.15) is 32.2 Å². The second kappa shape index (κ2) is 9.49. The van der Waals surface area contributed by atoms with Crippen LogP contribution in [0.2, 0.25) is 0 Å². The monoisotopic (exact) mass is 448 g/mol. The Morgan fingerprint density at radius 3 is 2.55 bits per heavy atom. The first-order valence-electron chi connectivity index (χ1n) is 9.99. The molecule has 0 saturated carbocycles. The van der Waals surface area contributed by atoms with Crippen molar-refractivity contribution < 1.29 is 4.74 Å². The van der Waals surface area contributed by atoms with Crippen LogP contribution in [-0.4, -0.2) is 14.3 Å². The molecule has 5 nitrogen and oxygen atoms in total. The molecule has 2 aromatic carbocycles. The van der Waals surface area contributed by atoms with Gasteiger partial charge in [0.05, 0.1) is 5.75 Å². The lowest BCUT2D eigenvalue weighted by molar-refractivity contribution is 0.442. The van der Waals surface area contributed by atoms with E-state index in [-0.39, 0.29) is 5.41 Å². The minimum absolute atomic E-state index is 0.0382. The molecule has 0 spiro atoms. The summed E-state index contributed by atoms with van der Waals surface area (Å²) in [5.74, 6) is 2.83. The van der Waals surface area contributed by atoms with Crippen LogP contribution in [0, 0.1) is 0 Å². The zero-order valence-electron chi connectivity index (χ0n) is 17.7. The molecule has 0 bridgehead atoms. The molecule has 31 heavy (non-hydrogen) atoms. The number of hydrogen-bond acceptors (Lipinski definition) is 7. The standard InChI is InChI=1S/C24H24N4OS2/c1-24(2,3)18-12-7-8-14-20(18)29-22-19(13-9-15-25-22)26-23-27-21(28-31-23)16-30-17-10-5-4-6-11-17/h4-15H,16H2,1-3H3,(H,26,27,28). The topological polar surface area (TPSA) is 59.9 Å². The molecule has 0 aliphatic heterocycles. The Bertz CT molecular complexity index is 1140. The van der Waals surface area contributed by atoms with Crippen LogP contribution in [0.15, 0.2) is 77.8 Å².